The first-order valence-corrected chi connectivity index (χ1v) is 9.47. The summed E-state index contributed by atoms with van der Waals surface area (Å²) in [6.07, 6.45) is -3.95. The van der Waals surface area contributed by atoms with Crippen LogP contribution in [-0.4, -0.2) is 25.2 Å². The van der Waals surface area contributed by atoms with E-state index in [1.165, 1.54) is 7.11 Å². The van der Waals surface area contributed by atoms with Crippen LogP contribution < -0.4 is 10.1 Å². The molecule has 4 nitrogen and oxygen atoms in total. The zero-order chi connectivity index (χ0) is 22.5. The summed E-state index contributed by atoms with van der Waals surface area (Å²) in [5.74, 6) is -1.52. The molecule has 1 unspecified atom stereocenters. The number of methoxy groups -OCH3 is 1. The number of hydrogen-bond donors (Lipinski definition) is 1. The van der Waals surface area contributed by atoms with Crippen LogP contribution >= 0.6 is 0 Å². The average molecular weight is 427 g/mol. The standard InChI is InChI=1S/C22H25F4NO3/c1-13(2)30-14(3)9-15-5-8-20(29-4)16(10-15)12-27-21(28)18-7-6-17(11-19(18)23)22(24,25)26/h5-8,10-11,13-14H,9,12H2,1-4H3,(H,27,28). The Morgan fingerprint density at radius 2 is 1.80 bits per heavy atom. The SMILES string of the molecule is COc1ccc(CC(C)OC(C)C)cc1CNC(=O)c1ccc(C(F)(F)F)cc1F. The van der Waals surface area contributed by atoms with Gasteiger partial charge >= 0.3 is 6.18 Å². The first kappa shape index (κ1) is 23.7. The topological polar surface area (TPSA) is 47.6 Å². The molecule has 0 fully saturated rings. The predicted molar refractivity (Wildman–Crippen MR) is 105 cm³/mol. The van der Waals surface area contributed by atoms with Crippen molar-refractivity contribution in [3.63, 3.8) is 0 Å². The molecule has 0 aromatic heterocycles. The van der Waals surface area contributed by atoms with Crippen molar-refractivity contribution in [3.8, 4) is 5.75 Å². The lowest BCUT2D eigenvalue weighted by atomic mass is 10.0. The molecule has 30 heavy (non-hydrogen) atoms. The van der Waals surface area contributed by atoms with Gasteiger partial charge in [-0.2, -0.15) is 13.2 Å². The second-order valence-electron chi connectivity index (χ2n) is 7.22. The quantitative estimate of drug-likeness (QED) is 0.594. The number of ether oxygens (including phenoxy) is 2. The number of amides is 1. The van der Waals surface area contributed by atoms with Crippen molar-refractivity contribution in [2.75, 3.05) is 7.11 Å². The molecule has 0 saturated carbocycles. The fourth-order valence-corrected chi connectivity index (χ4v) is 3.09. The highest BCUT2D eigenvalue weighted by molar-refractivity contribution is 5.94. The van der Waals surface area contributed by atoms with E-state index in [0.29, 0.717) is 29.9 Å². The molecule has 0 bridgehead atoms. The van der Waals surface area contributed by atoms with Crippen molar-refractivity contribution in [1.82, 2.24) is 5.32 Å². The molecule has 2 aromatic rings. The minimum atomic E-state index is -4.68. The van der Waals surface area contributed by atoms with Crippen molar-refractivity contribution in [3.05, 3.63) is 64.5 Å². The lowest BCUT2D eigenvalue weighted by Crippen LogP contribution is -2.24. The van der Waals surface area contributed by atoms with Gasteiger partial charge in [-0.1, -0.05) is 12.1 Å². The van der Waals surface area contributed by atoms with Crippen LogP contribution in [0.25, 0.3) is 0 Å². The number of carbonyl (C=O) groups is 1. The fraction of sp³-hybridized carbons (Fsp3) is 0.409. The molecule has 0 heterocycles. The molecule has 164 valence electrons. The minimum Gasteiger partial charge on any atom is -0.496 e. The third kappa shape index (κ3) is 6.45. The van der Waals surface area contributed by atoms with E-state index in [9.17, 15) is 22.4 Å². The molecule has 2 rings (SSSR count). The van der Waals surface area contributed by atoms with E-state index in [1.807, 2.05) is 32.9 Å². The van der Waals surface area contributed by atoms with Crippen LogP contribution in [0.2, 0.25) is 0 Å². The summed E-state index contributed by atoms with van der Waals surface area (Å²) in [4.78, 5) is 12.3. The van der Waals surface area contributed by atoms with E-state index < -0.39 is 29.0 Å². The number of alkyl halides is 3. The van der Waals surface area contributed by atoms with Crippen molar-refractivity contribution in [2.24, 2.45) is 0 Å². The second kappa shape index (κ2) is 9.93. The van der Waals surface area contributed by atoms with Crippen LogP contribution in [0.5, 0.6) is 5.75 Å². The van der Waals surface area contributed by atoms with Crippen molar-refractivity contribution < 1.29 is 31.8 Å². The third-order valence-electron chi connectivity index (χ3n) is 4.35. The molecule has 1 atom stereocenters. The number of rotatable bonds is 8. The fourth-order valence-electron chi connectivity index (χ4n) is 3.09. The zero-order valence-corrected chi connectivity index (χ0v) is 17.3. The van der Waals surface area contributed by atoms with Crippen molar-refractivity contribution in [1.29, 1.82) is 0 Å². The zero-order valence-electron chi connectivity index (χ0n) is 17.3. The maximum atomic E-state index is 14.0. The van der Waals surface area contributed by atoms with E-state index in [4.69, 9.17) is 9.47 Å². The van der Waals surface area contributed by atoms with Crippen LogP contribution in [0.1, 0.15) is 47.8 Å². The van der Waals surface area contributed by atoms with Crippen LogP contribution in [0.4, 0.5) is 17.6 Å². The molecule has 1 N–H and O–H groups in total. The van der Waals surface area contributed by atoms with Crippen LogP contribution in [-0.2, 0) is 23.9 Å². The molecule has 0 aliphatic rings. The molecule has 8 heteroatoms. The summed E-state index contributed by atoms with van der Waals surface area (Å²) in [6, 6.07) is 7.31. The molecule has 0 saturated heterocycles. The Bertz CT molecular complexity index is 881. The molecule has 0 spiro atoms. The Balaban J connectivity index is 2.12. The Hall–Kier alpha value is -2.61. The van der Waals surface area contributed by atoms with Gasteiger partial charge in [-0.25, -0.2) is 4.39 Å². The first-order valence-electron chi connectivity index (χ1n) is 9.47. The molecular weight excluding hydrogens is 402 g/mol. The molecule has 0 radical (unpaired) electrons. The van der Waals surface area contributed by atoms with E-state index >= 15 is 0 Å². The second-order valence-corrected chi connectivity index (χ2v) is 7.22. The number of halogens is 4. The van der Waals surface area contributed by atoms with Gasteiger partial charge in [-0.05, 0) is 57.0 Å². The highest BCUT2D eigenvalue weighted by atomic mass is 19.4. The highest BCUT2D eigenvalue weighted by Gasteiger charge is 2.31. The molecule has 0 aliphatic carbocycles. The Morgan fingerprint density at radius 3 is 2.37 bits per heavy atom. The maximum Gasteiger partial charge on any atom is 0.416 e. The highest BCUT2D eigenvalue weighted by Crippen LogP contribution is 2.30. The number of benzene rings is 2. The van der Waals surface area contributed by atoms with E-state index in [0.717, 1.165) is 11.6 Å². The summed E-state index contributed by atoms with van der Waals surface area (Å²) in [5, 5.41) is 2.53. The summed E-state index contributed by atoms with van der Waals surface area (Å²) in [7, 11) is 1.49. The molecular formula is C22H25F4NO3. The van der Waals surface area contributed by atoms with E-state index in [2.05, 4.69) is 5.32 Å². The predicted octanol–water partition coefficient (Wildman–Crippen LogP) is 5.14. The Morgan fingerprint density at radius 1 is 1.10 bits per heavy atom. The first-order chi connectivity index (χ1) is 14.0. The van der Waals surface area contributed by atoms with Gasteiger partial charge in [0, 0.05) is 12.1 Å². The van der Waals surface area contributed by atoms with Gasteiger partial charge in [-0.15, -0.1) is 0 Å². The molecule has 1 amide bonds. The van der Waals surface area contributed by atoms with Gasteiger partial charge in [0.05, 0.1) is 30.4 Å². The smallest absolute Gasteiger partial charge is 0.416 e. The molecule has 2 aromatic carbocycles. The van der Waals surface area contributed by atoms with Gasteiger partial charge in [0.1, 0.15) is 11.6 Å². The normalized spacial score (nSPS) is 12.7. The van der Waals surface area contributed by atoms with Crippen LogP contribution in [0, 0.1) is 5.82 Å². The number of carbonyl (C=O) groups excluding carboxylic acids is 1. The van der Waals surface area contributed by atoms with Crippen molar-refractivity contribution >= 4 is 5.91 Å². The Kier molecular flexibility index (Phi) is 7.83. The van der Waals surface area contributed by atoms with Gasteiger partial charge in [0.15, 0.2) is 0 Å². The van der Waals surface area contributed by atoms with Crippen molar-refractivity contribution in [2.45, 2.75) is 52.1 Å². The minimum absolute atomic E-state index is 0.0120. The Labute approximate surface area is 173 Å². The van der Waals surface area contributed by atoms with E-state index in [1.54, 1.807) is 6.07 Å². The number of hydrogen-bond acceptors (Lipinski definition) is 3. The van der Waals surface area contributed by atoms with Gasteiger partial charge < -0.3 is 14.8 Å². The van der Waals surface area contributed by atoms with Gasteiger partial charge in [0.25, 0.3) is 5.91 Å². The monoisotopic (exact) mass is 427 g/mol. The van der Waals surface area contributed by atoms with E-state index in [-0.39, 0.29) is 18.8 Å². The largest absolute Gasteiger partial charge is 0.496 e. The van der Waals surface area contributed by atoms with Gasteiger partial charge in [-0.3, -0.25) is 4.79 Å². The van der Waals surface area contributed by atoms with Gasteiger partial charge in [0.2, 0.25) is 0 Å². The number of nitrogens with one attached hydrogen (secondary N) is 1. The average Bonchev–Trinajstić information content (AvgIpc) is 2.64. The lowest BCUT2D eigenvalue weighted by Gasteiger charge is -2.17. The summed E-state index contributed by atoms with van der Waals surface area (Å²) < 4.78 is 63.0. The summed E-state index contributed by atoms with van der Waals surface area (Å²) in [5.41, 5.74) is 0.0158. The maximum absolute atomic E-state index is 14.0. The van der Waals surface area contributed by atoms with Crippen LogP contribution in [0.3, 0.4) is 0 Å². The third-order valence-corrected chi connectivity index (χ3v) is 4.35. The molecule has 0 aliphatic heterocycles. The van der Waals surface area contributed by atoms with Crippen LogP contribution in [0.15, 0.2) is 36.4 Å². The summed E-state index contributed by atoms with van der Waals surface area (Å²) in [6.45, 7) is 5.88. The lowest BCUT2D eigenvalue weighted by molar-refractivity contribution is -0.137. The summed E-state index contributed by atoms with van der Waals surface area (Å²) >= 11 is 0.